The molecule has 110 valence electrons. The molecule has 0 unspecified atom stereocenters. The number of rotatable bonds is 6. The summed E-state index contributed by atoms with van der Waals surface area (Å²) in [6.45, 7) is 1.51. The van der Waals surface area contributed by atoms with E-state index < -0.39 is 4.92 Å². The summed E-state index contributed by atoms with van der Waals surface area (Å²) in [5.74, 6) is -0.189. The topological polar surface area (TPSA) is 92.7 Å². The summed E-state index contributed by atoms with van der Waals surface area (Å²) < 4.78 is 0. The molecule has 0 spiro atoms. The van der Waals surface area contributed by atoms with Gasteiger partial charge in [0.1, 0.15) is 5.69 Å². The molecule has 0 aromatic heterocycles. The fourth-order valence-electron chi connectivity index (χ4n) is 1.80. The van der Waals surface area contributed by atoms with Crippen molar-refractivity contribution in [2.45, 2.75) is 6.42 Å². The number of nitro benzene ring substituents is 1. The molecule has 1 amide bonds. The highest BCUT2D eigenvalue weighted by Gasteiger charge is 2.16. The Morgan fingerprint density at radius 3 is 2.45 bits per heavy atom. The lowest BCUT2D eigenvalue weighted by Crippen LogP contribution is -2.29. The van der Waals surface area contributed by atoms with Crippen LogP contribution in [0.4, 0.5) is 11.4 Å². The van der Waals surface area contributed by atoms with E-state index in [9.17, 15) is 14.9 Å². The largest absolute Gasteiger partial charge is 0.393 e. The molecule has 0 aliphatic rings. The van der Waals surface area contributed by atoms with Crippen molar-refractivity contribution in [3.05, 3.63) is 33.9 Å². The first-order valence-corrected chi connectivity index (χ1v) is 6.27. The minimum Gasteiger partial charge on any atom is -0.393 e. The molecule has 2 N–H and O–H groups in total. The predicted molar refractivity (Wildman–Crippen MR) is 77.6 cm³/mol. The molecule has 7 nitrogen and oxygen atoms in total. The zero-order chi connectivity index (χ0) is 15.3. The fourth-order valence-corrected chi connectivity index (χ4v) is 1.80. The number of carbonyl (C=O) groups excluding carboxylic acids is 1. The third-order valence-electron chi connectivity index (χ3n) is 2.92. The Kier molecular flexibility index (Phi) is 5.45. The van der Waals surface area contributed by atoms with E-state index in [0.717, 1.165) is 13.0 Å². The highest BCUT2D eigenvalue weighted by Crippen LogP contribution is 2.22. The molecule has 1 aromatic rings. The van der Waals surface area contributed by atoms with Crippen molar-refractivity contribution in [1.29, 1.82) is 0 Å². The van der Waals surface area contributed by atoms with E-state index in [1.54, 1.807) is 11.9 Å². The Balaban J connectivity index is 2.72. The van der Waals surface area contributed by atoms with Crippen molar-refractivity contribution < 1.29 is 9.72 Å². The average molecular weight is 280 g/mol. The highest BCUT2D eigenvalue weighted by molar-refractivity contribution is 5.95. The van der Waals surface area contributed by atoms with Gasteiger partial charge < -0.3 is 15.5 Å². The summed E-state index contributed by atoms with van der Waals surface area (Å²) in [5.41, 5.74) is 5.76. The summed E-state index contributed by atoms with van der Waals surface area (Å²) >= 11 is 0. The van der Waals surface area contributed by atoms with Crippen LogP contribution in [0.15, 0.2) is 18.2 Å². The van der Waals surface area contributed by atoms with Crippen LogP contribution in [0.1, 0.15) is 16.8 Å². The first kappa shape index (κ1) is 15.9. The minimum absolute atomic E-state index is 0.00235. The monoisotopic (exact) mass is 280 g/mol. The first-order valence-electron chi connectivity index (χ1n) is 6.27. The number of benzene rings is 1. The van der Waals surface area contributed by atoms with Crippen molar-refractivity contribution in [3.63, 3.8) is 0 Å². The summed E-state index contributed by atoms with van der Waals surface area (Å²) in [5, 5.41) is 10.7. The molecule has 7 heteroatoms. The van der Waals surface area contributed by atoms with E-state index in [0.29, 0.717) is 12.1 Å². The third kappa shape index (κ3) is 4.20. The lowest BCUT2D eigenvalue weighted by atomic mass is 10.1. The number of anilines is 1. The maximum absolute atomic E-state index is 12.1. The van der Waals surface area contributed by atoms with Gasteiger partial charge in [0.25, 0.3) is 11.6 Å². The smallest absolute Gasteiger partial charge is 0.292 e. The molecule has 0 radical (unpaired) electrons. The van der Waals surface area contributed by atoms with Gasteiger partial charge in [0.15, 0.2) is 0 Å². The molecule has 0 fully saturated rings. The number of hydrogen-bond acceptors (Lipinski definition) is 5. The molecule has 0 saturated carbocycles. The Bertz CT molecular complexity index is 502. The standard InChI is InChI=1S/C13H20N4O3/c1-15(2)7-4-8-16(3)13(18)10-5-6-12(17(19)20)11(14)9-10/h5-6,9H,4,7-8,14H2,1-3H3. The zero-order valence-electron chi connectivity index (χ0n) is 12.0. The van der Waals surface area contributed by atoms with E-state index in [-0.39, 0.29) is 17.3 Å². The molecular formula is C13H20N4O3. The van der Waals surface area contributed by atoms with Crippen molar-refractivity contribution in [3.8, 4) is 0 Å². The van der Waals surface area contributed by atoms with Crippen molar-refractivity contribution >= 4 is 17.3 Å². The van der Waals surface area contributed by atoms with E-state index in [1.807, 2.05) is 19.0 Å². The van der Waals surface area contributed by atoms with Gasteiger partial charge in [-0.05, 0) is 39.2 Å². The van der Waals surface area contributed by atoms with Gasteiger partial charge in [0, 0.05) is 25.2 Å². The maximum Gasteiger partial charge on any atom is 0.292 e. The van der Waals surface area contributed by atoms with Crippen molar-refractivity contribution in [2.24, 2.45) is 0 Å². The SMILES string of the molecule is CN(C)CCCN(C)C(=O)c1ccc([N+](=O)[O-])c(N)c1. The lowest BCUT2D eigenvalue weighted by molar-refractivity contribution is -0.383. The fraction of sp³-hybridized carbons (Fsp3) is 0.462. The molecule has 1 aromatic carbocycles. The second kappa shape index (κ2) is 6.85. The van der Waals surface area contributed by atoms with Crippen LogP contribution in [0.25, 0.3) is 0 Å². The van der Waals surface area contributed by atoms with Crippen LogP contribution in [0, 0.1) is 10.1 Å². The van der Waals surface area contributed by atoms with Crippen LogP contribution in [-0.4, -0.2) is 54.9 Å². The molecule has 0 aliphatic heterocycles. The van der Waals surface area contributed by atoms with Crippen LogP contribution >= 0.6 is 0 Å². The van der Waals surface area contributed by atoms with Crippen LogP contribution in [0.5, 0.6) is 0 Å². The Morgan fingerprint density at radius 1 is 1.30 bits per heavy atom. The predicted octanol–water partition coefficient (Wildman–Crippen LogP) is 1.20. The molecule has 0 atom stereocenters. The number of nitrogens with two attached hydrogens (primary N) is 1. The number of nitro groups is 1. The number of hydrogen-bond donors (Lipinski definition) is 1. The quantitative estimate of drug-likeness (QED) is 0.480. The number of carbonyl (C=O) groups is 1. The molecule has 0 heterocycles. The van der Waals surface area contributed by atoms with Gasteiger partial charge in [-0.15, -0.1) is 0 Å². The maximum atomic E-state index is 12.1. The zero-order valence-corrected chi connectivity index (χ0v) is 12.0. The van der Waals surface area contributed by atoms with Crippen LogP contribution in [-0.2, 0) is 0 Å². The van der Waals surface area contributed by atoms with Crippen molar-refractivity contribution in [1.82, 2.24) is 9.80 Å². The minimum atomic E-state index is -0.565. The highest BCUT2D eigenvalue weighted by atomic mass is 16.6. The number of amides is 1. The molecular weight excluding hydrogens is 260 g/mol. The summed E-state index contributed by atoms with van der Waals surface area (Å²) in [6.07, 6.45) is 0.859. The molecule has 0 saturated heterocycles. The van der Waals surface area contributed by atoms with Gasteiger partial charge in [-0.25, -0.2) is 0 Å². The average Bonchev–Trinajstić information content (AvgIpc) is 2.36. The molecule has 0 bridgehead atoms. The second-order valence-electron chi connectivity index (χ2n) is 4.91. The van der Waals surface area contributed by atoms with Crippen LogP contribution < -0.4 is 5.73 Å². The van der Waals surface area contributed by atoms with E-state index >= 15 is 0 Å². The Morgan fingerprint density at radius 2 is 1.95 bits per heavy atom. The normalized spacial score (nSPS) is 10.6. The first-order chi connectivity index (χ1) is 9.32. The summed E-state index contributed by atoms with van der Waals surface area (Å²) in [7, 11) is 5.65. The van der Waals surface area contributed by atoms with Gasteiger partial charge >= 0.3 is 0 Å². The second-order valence-corrected chi connectivity index (χ2v) is 4.91. The van der Waals surface area contributed by atoms with Gasteiger partial charge in [-0.2, -0.15) is 0 Å². The van der Waals surface area contributed by atoms with E-state index in [4.69, 9.17) is 5.73 Å². The van der Waals surface area contributed by atoms with Crippen LogP contribution in [0.2, 0.25) is 0 Å². The third-order valence-corrected chi connectivity index (χ3v) is 2.92. The van der Waals surface area contributed by atoms with Gasteiger partial charge in [-0.1, -0.05) is 0 Å². The Hall–Kier alpha value is -2.15. The van der Waals surface area contributed by atoms with Gasteiger partial charge in [0.2, 0.25) is 0 Å². The Labute approximate surface area is 118 Å². The lowest BCUT2D eigenvalue weighted by Gasteiger charge is -2.18. The number of nitrogen functional groups attached to an aromatic ring is 1. The van der Waals surface area contributed by atoms with E-state index in [2.05, 4.69) is 0 Å². The molecule has 20 heavy (non-hydrogen) atoms. The molecule has 1 rings (SSSR count). The number of nitrogens with zero attached hydrogens (tertiary/aromatic N) is 3. The van der Waals surface area contributed by atoms with Gasteiger partial charge in [-0.3, -0.25) is 14.9 Å². The van der Waals surface area contributed by atoms with Gasteiger partial charge in [0.05, 0.1) is 4.92 Å². The molecule has 0 aliphatic carbocycles. The summed E-state index contributed by atoms with van der Waals surface area (Å²) in [4.78, 5) is 25.9. The van der Waals surface area contributed by atoms with E-state index in [1.165, 1.54) is 18.2 Å². The summed E-state index contributed by atoms with van der Waals surface area (Å²) in [6, 6.07) is 4.04. The van der Waals surface area contributed by atoms with Crippen LogP contribution in [0.3, 0.4) is 0 Å². The van der Waals surface area contributed by atoms with Crippen molar-refractivity contribution in [2.75, 3.05) is 40.0 Å².